The summed E-state index contributed by atoms with van der Waals surface area (Å²) in [6.07, 6.45) is 1.80. The number of hydrogen-bond donors (Lipinski definition) is 1. The van der Waals surface area contributed by atoms with E-state index in [-0.39, 0.29) is 6.04 Å². The van der Waals surface area contributed by atoms with Crippen LogP contribution in [0.15, 0.2) is 47.1 Å². The van der Waals surface area contributed by atoms with Crippen molar-refractivity contribution in [3.05, 3.63) is 52.8 Å². The molecule has 1 aromatic carbocycles. The SMILES string of the molecule is Brc1ccc2c(c1)NC(c1ccccn1)CO2. The number of halogens is 1. The van der Waals surface area contributed by atoms with Crippen molar-refractivity contribution in [1.82, 2.24) is 4.98 Å². The summed E-state index contributed by atoms with van der Waals surface area (Å²) >= 11 is 3.46. The number of rotatable bonds is 1. The third kappa shape index (κ3) is 2.13. The van der Waals surface area contributed by atoms with Gasteiger partial charge in [-0.05, 0) is 30.3 Å². The second kappa shape index (κ2) is 4.37. The Kier molecular flexibility index (Phi) is 2.73. The van der Waals surface area contributed by atoms with E-state index in [1.807, 2.05) is 36.4 Å². The minimum atomic E-state index is 0.109. The number of aromatic nitrogens is 1. The molecule has 1 atom stereocenters. The van der Waals surface area contributed by atoms with Gasteiger partial charge in [-0.2, -0.15) is 0 Å². The lowest BCUT2D eigenvalue weighted by atomic mass is 10.1. The highest BCUT2D eigenvalue weighted by Crippen LogP contribution is 2.35. The predicted molar refractivity (Wildman–Crippen MR) is 70.2 cm³/mol. The average Bonchev–Trinajstić information content (AvgIpc) is 2.39. The lowest BCUT2D eigenvalue weighted by Crippen LogP contribution is -2.24. The number of ether oxygens (including phenoxy) is 1. The topological polar surface area (TPSA) is 34.2 Å². The van der Waals surface area contributed by atoms with Crippen LogP contribution < -0.4 is 10.1 Å². The fraction of sp³-hybridized carbons (Fsp3) is 0.154. The summed E-state index contributed by atoms with van der Waals surface area (Å²) in [6, 6.07) is 12.0. The van der Waals surface area contributed by atoms with E-state index in [2.05, 4.69) is 26.2 Å². The molecule has 0 bridgehead atoms. The van der Waals surface area contributed by atoms with Crippen molar-refractivity contribution in [2.24, 2.45) is 0 Å². The Morgan fingerprint density at radius 1 is 1.29 bits per heavy atom. The molecule has 86 valence electrons. The Bertz CT molecular complexity index is 530. The number of nitrogens with one attached hydrogen (secondary N) is 1. The van der Waals surface area contributed by atoms with E-state index >= 15 is 0 Å². The molecule has 3 nitrogen and oxygen atoms in total. The summed E-state index contributed by atoms with van der Waals surface area (Å²) in [5, 5.41) is 3.44. The molecule has 1 aliphatic heterocycles. The van der Waals surface area contributed by atoms with Crippen molar-refractivity contribution in [3.63, 3.8) is 0 Å². The van der Waals surface area contributed by atoms with Crippen molar-refractivity contribution in [2.75, 3.05) is 11.9 Å². The van der Waals surface area contributed by atoms with Crippen LogP contribution in [0.5, 0.6) is 5.75 Å². The molecule has 0 spiro atoms. The summed E-state index contributed by atoms with van der Waals surface area (Å²) in [5.74, 6) is 0.889. The maximum atomic E-state index is 5.72. The normalized spacial score (nSPS) is 17.8. The molecule has 4 heteroatoms. The average molecular weight is 291 g/mol. The van der Waals surface area contributed by atoms with E-state index in [4.69, 9.17) is 4.74 Å². The fourth-order valence-electron chi connectivity index (χ4n) is 1.88. The minimum absolute atomic E-state index is 0.109. The van der Waals surface area contributed by atoms with Gasteiger partial charge in [-0.3, -0.25) is 4.98 Å². The number of benzene rings is 1. The molecule has 0 saturated carbocycles. The number of fused-ring (bicyclic) bond motifs is 1. The maximum absolute atomic E-state index is 5.72. The van der Waals surface area contributed by atoms with E-state index in [0.29, 0.717) is 6.61 Å². The van der Waals surface area contributed by atoms with E-state index in [1.54, 1.807) is 6.20 Å². The molecule has 0 fully saturated rings. The second-order valence-electron chi connectivity index (χ2n) is 3.90. The molecule has 0 radical (unpaired) electrons. The number of hydrogen-bond acceptors (Lipinski definition) is 3. The van der Waals surface area contributed by atoms with Crippen LogP contribution in [0, 0.1) is 0 Å². The molecule has 2 aromatic rings. The van der Waals surface area contributed by atoms with E-state index in [1.165, 1.54) is 0 Å². The Balaban J connectivity index is 1.90. The van der Waals surface area contributed by atoms with Gasteiger partial charge in [0.2, 0.25) is 0 Å². The molecule has 1 aliphatic rings. The highest BCUT2D eigenvalue weighted by atomic mass is 79.9. The van der Waals surface area contributed by atoms with Gasteiger partial charge in [-0.1, -0.05) is 22.0 Å². The molecular formula is C13H11BrN2O. The van der Waals surface area contributed by atoms with Crippen LogP contribution in [0.2, 0.25) is 0 Å². The van der Waals surface area contributed by atoms with Gasteiger partial charge >= 0.3 is 0 Å². The number of nitrogens with zero attached hydrogens (tertiary/aromatic N) is 1. The van der Waals surface area contributed by atoms with Crippen LogP contribution in [0.3, 0.4) is 0 Å². The largest absolute Gasteiger partial charge is 0.489 e. The van der Waals surface area contributed by atoms with E-state index in [0.717, 1.165) is 21.6 Å². The summed E-state index contributed by atoms with van der Waals surface area (Å²) in [7, 11) is 0. The van der Waals surface area contributed by atoms with Crippen molar-refractivity contribution in [1.29, 1.82) is 0 Å². The quantitative estimate of drug-likeness (QED) is 0.874. The lowest BCUT2D eigenvalue weighted by molar-refractivity contribution is 0.284. The first kappa shape index (κ1) is 10.6. The molecule has 1 aromatic heterocycles. The van der Waals surface area contributed by atoms with Crippen LogP contribution in [0.25, 0.3) is 0 Å². The lowest BCUT2D eigenvalue weighted by Gasteiger charge is -2.27. The van der Waals surface area contributed by atoms with Crippen LogP contribution in [0.1, 0.15) is 11.7 Å². The molecule has 17 heavy (non-hydrogen) atoms. The highest BCUT2D eigenvalue weighted by molar-refractivity contribution is 9.10. The molecule has 3 rings (SSSR count). The Labute approximate surface area is 108 Å². The van der Waals surface area contributed by atoms with Crippen LogP contribution >= 0.6 is 15.9 Å². The van der Waals surface area contributed by atoms with Crippen molar-refractivity contribution < 1.29 is 4.74 Å². The van der Waals surface area contributed by atoms with Gasteiger partial charge in [0.05, 0.1) is 11.4 Å². The summed E-state index contributed by atoms with van der Waals surface area (Å²) in [6.45, 7) is 0.603. The Hall–Kier alpha value is -1.55. The third-order valence-electron chi connectivity index (χ3n) is 2.72. The first-order chi connectivity index (χ1) is 8.33. The smallest absolute Gasteiger partial charge is 0.142 e. The monoisotopic (exact) mass is 290 g/mol. The summed E-state index contributed by atoms with van der Waals surface area (Å²) in [4.78, 5) is 4.34. The zero-order chi connectivity index (χ0) is 11.7. The van der Waals surface area contributed by atoms with Gasteiger partial charge in [-0.15, -0.1) is 0 Å². The zero-order valence-electron chi connectivity index (χ0n) is 9.06. The molecule has 0 amide bonds. The maximum Gasteiger partial charge on any atom is 0.142 e. The molecule has 0 aliphatic carbocycles. The van der Waals surface area contributed by atoms with Gasteiger partial charge in [0.25, 0.3) is 0 Å². The van der Waals surface area contributed by atoms with Gasteiger partial charge in [0, 0.05) is 10.7 Å². The van der Waals surface area contributed by atoms with Crippen molar-refractivity contribution in [3.8, 4) is 5.75 Å². The van der Waals surface area contributed by atoms with Crippen LogP contribution in [0.4, 0.5) is 5.69 Å². The second-order valence-corrected chi connectivity index (χ2v) is 4.82. The summed E-state index contributed by atoms with van der Waals surface area (Å²) in [5.41, 5.74) is 2.00. The molecule has 1 unspecified atom stereocenters. The highest BCUT2D eigenvalue weighted by Gasteiger charge is 2.21. The first-order valence-corrected chi connectivity index (χ1v) is 6.22. The summed E-state index contributed by atoms with van der Waals surface area (Å²) < 4.78 is 6.76. The van der Waals surface area contributed by atoms with Gasteiger partial charge in [0.1, 0.15) is 18.4 Å². The standard InChI is InChI=1S/C13H11BrN2O/c14-9-4-5-13-11(7-9)16-12(8-17-13)10-3-1-2-6-15-10/h1-7,12,16H,8H2. The number of anilines is 1. The zero-order valence-corrected chi connectivity index (χ0v) is 10.6. The van der Waals surface area contributed by atoms with Gasteiger partial charge in [-0.25, -0.2) is 0 Å². The molecular weight excluding hydrogens is 280 g/mol. The van der Waals surface area contributed by atoms with Crippen molar-refractivity contribution in [2.45, 2.75) is 6.04 Å². The van der Waals surface area contributed by atoms with E-state index < -0.39 is 0 Å². The fourth-order valence-corrected chi connectivity index (χ4v) is 2.25. The Morgan fingerprint density at radius 2 is 2.24 bits per heavy atom. The first-order valence-electron chi connectivity index (χ1n) is 5.43. The van der Waals surface area contributed by atoms with Crippen LogP contribution in [-0.2, 0) is 0 Å². The number of pyridine rings is 1. The van der Waals surface area contributed by atoms with Crippen LogP contribution in [-0.4, -0.2) is 11.6 Å². The Morgan fingerprint density at radius 3 is 3.06 bits per heavy atom. The van der Waals surface area contributed by atoms with Crippen molar-refractivity contribution >= 4 is 21.6 Å². The molecule has 2 heterocycles. The minimum Gasteiger partial charge on any atom is -0.489 e. The predicted octanol–water partition coefficient (Wildman–Crippen LogP) is 3.39. The molecule has 0 saturated heterocycles. The van der Waals surface area contributed by atoms with Gasteiger partial charge in [0.15, 0.2) is 0 Å². The third-order valence-corrected chi connectivity index (χ3v) is 3.21. The van der Waals surface area contributed by atoms with Gasteiger partial charge < -0.3 is 10.1 Å². The molecule has 1 N–H and O–H groups in total. The van der Waals surface area contributed by atoms with E-state index in [9.17, 15) is 0 Å².